The van der Waals surface area contributed by atoms with Crippen LogP contribution < -0.4 is 5.73 Å². The van der Waals surface area contributed by atoms with Gasteiger partial charge in [0.1, 0.15) is 23.1 Å². The molecule has 0 unspecified atom stereocenters. The molecule has 1 saturated carbocycles. The molecular formula is C18H19F2N3O4. The van der Waals surface area contributed by atoms with E-state index in [0.29, 0.717) is 43.8 Å². The molecular weight excluding hydrogens is 360 g/mol. The molecule has 144 valence electrons. The molecule has 1 aromatic carbocycles. The van der Waals surface area contributed by atoms with Crippen molar-refractivity contribution < 1.29 is 27.9 Å². The number of hydrogen-bond acceptors (Lipinski definition) is 5. The lowest BCUT2D eigenvalue weighted by molar-refractivity contribution is -0.135. The van der Waals surface area contributed by atoms with Crippen LogP contribution in [0.4, 0.5) is 8.78 Å². The lowest BCUT2D eigenvalue weighted by Gasteiger charge is -2.27. The van der Waals surface area contributed by atoms with Gasteiger partial charge in [0.2, 0.25) is 11.8 Å². The molecule has 7 nitrogen and oxygen atoms in total. The van der Waals surface area contributed by atoms with Gasteiger partial charge in [0, 0.05) is 31.5 Å². The largest absolute Gasteiger partial charge is 0.481 e. The van der Waals surface area contributed by atoms with E-state index in [1.807, 2.05) is 0 Å². The summed E-state index contributed by atoms with van der Waals surface area (Å²) >= 11 is 0. The summed E-state index contributed by atoms with van der Waals surface area (Å²) in [6, 6.07) is 3.13. The summed E-state index contributed by atoms with van der Waals surface area (Å²) in [5.41, 5.74) is 6.10. The number of carbonyl (C=O) groups excluding carboxylic acids is 1. The standard InChI is InChI=1S/C16H15F2N3O2.C2H4O2/c17-10-5-9(6-11(18)7-10)14-20-12-8-21(4-1-13(12)23-14)15(22)16(19)2-3-16;1-2(3)4/h5-7H,1-4,8,19H2;1H3,(H,3,4). The van der Waals surface area contributed by atoms with Gasteiger partial charge in [-0.1, -0.05) is 0 Å². The van der Waals surface area contributed by atoms with Crippen molar-refractivity contribution in [3.8, 4) is 11.5 Å². The van der Waals surface area contributed by atoms with Crippen molar-refractivity contribution in [2.45, 2.75) is 38.3 Å². The van der Waals surface area contributed by atoms with Crippen molar-refractivity contribution in [1.29, 1.82) is 0 Å². The second kappa shape index (κ2) is 7.07. The average molecular weight is 379 g/mol. The van der Waals surface area contributed by atoms with Crippen LogP contribution >= 0.6 is 0 Å². The predicted molar refractivity (Wildman–Crippen MR) is 90.4 cm³/mol. The second-order valence-corrected chi connectivity index (χ2v) is 6.70. The smallest absolute Gasteiger partial charge is 0.300 e. The van der Waals surface area contributed by atoms with Gasteiger partial charge in [-0.3, -0.25) is 9.59 Å². The maximum Gasteiger partial charge on any atom is 0.300 e. The van der Waals surface area contributed by atoms with E-state index in [-0.39, 0.29) is 17.4 Å². The van der Waals surface area contributed by atoms with Gasteiger partial charge < -0.3 is 20.2 Å². The normalized spacial score (nSPS) is 16.8. The Morgan fingerprint density at radius 3 is 2.41 bits per heavy atom. The molecule has 0 bridgehead atoms. The highest BCUT2D eigenvalue weighted by molar-refractivity contribution is 5.89. The molecule has 0 spiro atoms. The van der Waals surface area contributed by atoms with Gasteiger partial charge in [-0.2, -0.15) is 0 Å². The molecule has 2 aromatic rings. The summed E-state index contributed by atoms with van der Waals surface area (Å²) in [7, 11) is 0. The number of rotatable bonds is 2. The number of oxazole rings is 1. The molecule has 0 atom stereocenters. The Bertz CT molecular complexity index is 868. The highest BCUT2D eigenvalue weighted by Gasteiger charge is 2.48. The number of amides is 1. The summed E-state index contributed by atoms with van der Waals surface area (Å²) in [5.74, 6) is -1.46. The van der Waals surface area contributed by atoms with Crippen LogP contribution in [0.3, 0.4) is 0 Å². The van der Waals surface area contributed by atoms with Crippen LogP contribution in [0.2, 0.25) is 0 Å². The number of halogens is 2. The van der Waals surface area contributed by atoms with E-state index in [2.05, 4.69) is 4.98 Å². The number of carbonyl (C=O) groups is 2. The van der Waals surface area contributed by atoms with Gasteiger partial charge in [-0.25, -0.2) is 13.8 Å². The molecule has 3 N–H and O–H groups in total. The molecule has 2 aliphatic rings. The Hall–Kier alpha value is -2.81. The second-order valence-electron chi connectivity index (χ2n) is 6.70. The lowest BCUT2D eigenvalue weighted by Crippen LogP contribution is -2.47. The first-order valence-electron chi connectivity index (χ1n) is 8.41. The summed E-state index contributed by atoms with van der Waals surface area (Å²) in [6.07, 6.45) is 1.94. The van der Waals surface area contributed by atoms with Gasteiger partial charge in [-0.15, -0.1) is 0 Å². The third-order valence-corrected chi connectivity index (χ3v) is 4.34. The van der Waals surface area contributed by atoms with Crippen molar-refractivity contribution in [3.63, 3.8) is 0 Å². The minimum atomic E-state index is -0.833. The Kier molecular flexibility index (Phi) is 4.97. The van der Waals surface area contributed by atoms with Crippen LogP contribution in [0.5, 0.6) is 0 Å². The summed E-state index contributed by atoms with van der Waals surface area (Å²) in [4.78, 5) is 27.3. The maximum atomic E-state index is 13.3. The van der Waals surface area contributed by atoms with Gasteiger partial charge >= 0.3 is 0 Å². The molecule has 0 saturated heterocycles. The fourth-order valence-electron chi connectivity index (χ4n) is 2.84. The number of benzene rings is 1. The summed E-state index contributed by atoms with van der Waals surface area (Å²) in [6.45, 7) is 1.91. The fourth-order valence-corrected chi connectivity index (χ4v) is 2.84. The van der Waals surface area contributed by atoms with Crippen LogP contribution in [0.1, 0.15) is 31.2 Å². The summed E-state index contributed by atoms with van der Waals surface area (Å²) in [5, 5.41) is 7.42. The third kappa shape index (κ3) is 4.30. The molecule has 1 aromatic heterocycles. The Balaban J connectivity index is 0.000000481. The SMILES string of the molecule is CC(=O)O.NC1(C(=O)N2CCc3oc(-c4cc(F)cc(F)c4)nc3C2)CC1. The number of hydrogen-bond donors (Lipinski definition) is 2. The minimum absolute atomic E-state index is 0.0653. The lowest BCUT2D eigenvalue weighted by atomic mass is 10.1. The van der Waals surface area contributed by atoms with E-state index in [0.717, 1.165) is 13.0 Å². The van der Waals surface area contributed by atoms with Crippen LogP contribution in [-0.2, 0) is 22.6 Å². The monoisotopic (exact) mass is 379 g/mol. The van der Waals surface area contributed by atoms with E-state index < -0.39 is 23.1 Å². The number of nitrogens with two attached hydrogens (primary N) is 1. The van der Waals surface area contributed by atoms with Gasteiger partial charge in [0.15, 0.2) is 0 Å². The topological polar surface area (TPSA) is 110 Å². The molecule has 2 heterocycles. The van der Waals surface area contributed by atoms with E-state index in [1.54, 1.807) is 4.90 Å². The van der Waals surface area contributed by atoms with E-state index >= 15 is 0 Å². The third-order valence-electron chi connectivity index (χ3n) is 4.34. The maximum absolute atomic E-state index is 13.3. The predicted octanol–water partition coefficient (Wildman–Crippen LogP) is 2.09. The fraction of sp³-hybridized carbons (Fsp3) is 0.389. The van der Waals surface area contributed by atoms with Crippen molar-refractivity contribution in [3.05, 3.63) is 41.3 Å². The number of carboxylic acid groups (broad SMARTS) is 1. The highest BCUT2D eigenvalue weighted by Crippen LogP contribution is 2.36. The first kappa shape index (κ1) is 19.0. The van der Waals surface area contributed by atoms with Crippen LogP contribution in [0.25, 0.3) is 11.5 Å². The molecule has 1 aliphatic carbocycles. The molecule has 1 fully saturated rings. The van der Waals surface area contributed by atoms with Crippen molar-refractivity contribution in [2.24, 2.45) is 5.73 Å². The number of nitrogens with zero attached hydrogens (tertiary/aromatic N) is 2. The molecule has 1 aliphatic heterocycles. The van der Waals surface area contributed by atoms with Gasteiger partial charge in [0.25, 0.3) is 5.97 Å². The van der Waals surface area contributed by atoms with Crippen molar-refractivity contribution in [2.75, 3.05) is 6.54 Å². The molecule has 1 amide bonds. The molecule has 0 radical (unpaired) electrons. The first-order chi connectivity index (χ1) is 12.7. The minimum Gasteiger partial charge on any atom is -0.481 e. The summed E-state index contributed by atoms with van der Waals surface area (Å²) < 4.78 is 32.3. The van der Waals surface area contributed by atoms with Crippen LogP contribution in [0, 0.1) is 11.6 Å². The van der Waals surface area contributed by atoms with Gasteiger partial charge in [-0.05, 0) is 25.0 Å². The van der Waals surface area contributed by atoms with E-state index in [4.69, 9.17) is 20.1 Å². The number of carboxylic acids is 1. The quantitative estimate of drug-likeness (QED) is 0.827. The first-order valence-corrected chi connectivity index (χ1v) is 8.41. The Morgan fingerprint density at radius 2 is 1.85 bits per heavy atom. The van der Waals surface area contributed by atoms with E-state index in [9.17, 15) is 13.6 Å². The number of fused-ring (bicyclic) bond motifs is 1. The molecule has 4 rings (SSSR count). The zero-order valence-corrected chi connectivity index (χ0v) is 14.7. The van der Waals surface area contributed by atoms with Gasteiger partial charge in [0.05, 0.1) is 12.1 Å². The Morgan fingerprint density at radius 1 is 1.26 bits per heavy atom. The zero-order chi connectivity index (χ0) is 19.8. The highest BCUT2D eigenvalue weighted by atomic mass is 19.1. The van der Waals surface area contributed by atoms with Crippen LogP contribution in [0.15, 0.2) is 22.6 Å². The van der Waals surface area contributed by atoms with Crippen molar-refractivity contribution in [1.82, 2.24) is 9.88 Å². The zero-order valence-electron chi connectivity index (χ0n) is 14.7. The molecule has 9 heteroatoms. The molecule has 27 heavy (non-hydrogen) atoms. The Labute approximate surface area is 153 Å². The van der Waals surface area contributed by atoms with Crippen LogP contribution in [-0.4, -0.2) is 39.0 Å². The van der Waals surface area contributed by atoms with Crippen molar-refractivity contribution >= 4 is 11.9 Å². The number of aliphatic carboxylic acids is 1. The average Bonchev–Trinajstić information content (AvgIpc) is 3.18. The van der Waals surface area contributed by atoms with E-state index in [1.165, 1.54) is 12.1 Å². The number of aromatic nitrogens is 1.